The molecule has 0 bridgehead atoms. The monoisotopic (exact) mass is 360 g/mol. The van der Waals surface area contributed by atoms with Gasteiger partial charge in [0.05, 0.1) is 17.7 Å². The highest BCUT2D eigenvalue weighted by molar-refractivity contribution is 6.30. The number of nitrogens with one attached hydrogen (secondary N) is 1. The molecule has 0 spiro atoms. The molecule has 1 N–H and O–H groups in total. The Morgan fingerprint density at radius 1 is 0.962 bits per heavy atom. The van der Waals surface area contributed by atoms with Crippen LogP contribution in [0.5, 0.6) is 0 Å². The maximum absolute atomic E-state index is 12.7. The molecule has 1 atom stereocenters. The van der Waals surface area contributed by atoms with Crippen molar-refractivity contribution in [2.75, 3.05) is 5.32 Å². The van der Waals surface area contributed by atoms with Crippen molar-refractivity contribution in [3.8, 4) is 6.07 Å². The van der Waals surface area contributed by atoms with Gasteiger partial charge in [0.1, 0.15) is 0 Å². The second-order valence-electron chi connectivity index (χ2n) is 5.93. The highest BCUT2D eigenvalue weighted by atomic mass is 35.5. The van der Waals surface area contributed by atoms with E-state index in [0.29, 0.717) is 22.6 Å². The topological polar surface area (TPSA) is 52.9 Å². The van der Waals surface area contributed by atoms with Gasteiger partial charge in [-0.05, 0) is 54.1 Å². The molecule has 3 nitrogen and oxygen atoms in total. The Balaban J connectivity index is 1.82. The van der Waals surface area contributed by atoms with E-state index in [1.165, 1.54) is 0 Å². The summed E-state index contributed by atoms with van der Waals surface area (Å²) in [5.41, 5.74) is 3.13. The van der Waals surface area contributed by atoms with Crippen LogP contribution in [0, 0.1) is 11.3 Å². The van der Waals surface area contributed by atoms with Crippen LogP contribution >= 0.6 is 11.6 Å². The van der Waals surface area contributed by atoms with Gasteiger partial charge < -0.3 is 5.32 Å². The predicted molar refractivity (Wildman–Crippen MR) is 104 cm³/mol. The normalized spacial score (nSPS) is 11.4. The van der Waals surface area contributed by atoms with Gasteiger partial charge in [0.2, 0.25) is 0 Å². The number of rotatable bonds is 6. The number of benzene rings is 3. The minimum Gasteiger partial charge on any atom is -0.378 e. The lowest BCUT2D eigenvalue weighted by atomic mass is 9.97. The lowest BCUT2D eigenvalue weighted by Gasteiger charge is -2.20. The first-order chi connectivity index (χ1) is 12.7. The van der Waals surface area contributed by atoms with E-state index in [0.717, 1.165) is 11.3 Å². The minimum atomic E-state index is -0.174. The smallest absolute Gasteiger partial charge is 0.165 e. The van der Waals surface area contributed by atoms with Crippen molar-refractivity contribution in [3.05, 3.63) is 101 Å². The van der Waals surface area contributed by atoms with Crippen molar-refractivity contribution in [2.24, 2.45) is 0 Å². The third-order valence-corrected chi connectivity index (χ3v) is 4.36. The largest absolute Gasteiger partial charge is 0.378 e. The summed E-state index contributed by atoms with van der Waals surface area (Å²) < 4.78 is 0. The summed E-state index contributed by atoms with van der Waals surface area (Å²) in [5.74, 6) is 0.0386. The van der Waals surface area contributed by atoms with E-state index >= 15 is 0 Å². The minimum absolute atomic E-state index is 0.0386. The zero-order valence-corrected chi connectivity index (χ0v) is 14.8. The molecule has 0 fully saturated rings. The molecule has 128 valence electrons. The van der Waals surface area contributed by atoms with Crippen molar-refractivity contribution in [2.45, 2.75) is 12.5 Å². The number of Topliss-reactive ketones (excluding diaryl/α,β-unsaturated/α-hetero) is 1. The standard InChI is InChI=1S/C22H17ClN2O/c23-19-10-8-18(9-11-19)22(26)14-21(17-4-2-1-3-5-17)25-20-12-6-16(15-24)7-13-20/h1-13,21,25H,14H2. The molecule has 0 aliphatic rings. The molecule has 0 radical (unpaired) electrons. The molecule has 0 saturated heterocycles. The molecule has 1 unspecified atom stereocenters. The molecular weight excluding hydrogens is 344 g/mol. The number of ketones is 1. The number of nitriles is 1. The Labute approximate surface area is 157 Å². The van der Waals surface area contributed by atoms with E-state index in [-0.39, 0.29) is 11.8 Å². The Morgan fingerprint density at radius 2 is 1.62 bits per heavy atom. The van der Waals surface area contributed by atoms with Gasteiger partial charge >= 0.3 is 0 Å². The summed E-state index contributed by atoms with van der Waals surface area (Å²) in [7, 11) is 0. The van der Waals surface area contributed by atoms with Crippen LogP contribution < -0.4 is 5.32 Å². The van der Waals surface area contributed by atoms with Gasteiger partial charge in [-0.2, -0.15) is 5.26 Å². The first-order valence-electron chi connectivity index (χ1n) is 8.26. The second kappa shape index (κ2) is 8.33. The van der Waals surface area contributed by atoms with Crippen molar-refractivity contribution in [1.82, 2.24) is 0 Å². The maximum Gasteiger partial charge on any atom is 0.165 e. The molecule has 0 aromatic heterocycles. The van der Waals surface area contributed by atoms with Gasteiger partial charge in [-0.1, -0.05) is 41.9 Å². The Hall–Kier alpha value is -3.09. The number of halogens is 1. The quantitative estimate of drug-likeness (QED) is 0.579. The fourth-order valence-electron chi connectivity index (χ4n) is 2.72. The van der Waals surface area contributed by atoms with Gasteiger partial charge in [-0.25, -0.2) is 0 Å². The summed E-state index contributed by atoms with van der Waals surface area (Å²) in [6.07, 6.45) is 0.311. The highest BCUT2D eigenvalue weighted by Crippen LogP contribution is 2.25. The zero-order valence-electron chi connectivity index (χ0n) is 14.0. The molecule has 4 heteroatoms. The van der Waals surface area contributed by atoms with E-state index in [2.05, 4.69) is 11.4 Å². The fourth-order valence-corrected chi connectivity index (χ4v) is 2.84. The SMILES string of the molecule is N#Cc1ccc(NC(CC(=O)c2ccc(Cl)cc2)c2ccccc2)cc1. The molecule has 0 heterocycles. The molecule has 0 saturated carbocycles. The lowest BCUT2D eigenvalue weighted by molar-refractivity contribution is 0.0976. The van der Waals surface area contributed by atoms with Gasteiger partial charge in [0.25, 0.3) is 0 Å². The Morgan fingerprint density at radius 3 is 2.23 bits per heavy atom. The molecule has 26 heavy (non-hydrogen) atoms. The molecular formula is C22H17ClN2O. The Bertz CT molecular complexity index is 913. The van der Waals surface area contributed by atoms with Crippen LogP contribution in [0.1, 0.15) is 33.9 Å². The van der Waals surface area contributed by atoms with Crippen molar-refractivity contribution in [1.29, 1.82) is 5.26 Å². The molecule has 0 aliphatic heterocycles. The third-order valence-electron chi connectivity index (χ3n) is 4.11. The van der Waals surface area contributed by atoms with Crippen LogP contribution in [-0.4, -0.2) is 5.78 Å². The van der Waals surface area contributed by atoms with Crippen LogP contribution in [0.25, 0.3) is 0 Å². The van der Waals surface area contributed by atoms with E-state index in [9.17, 15) is 4.79 Å². The average molecular weight is 361 g/mol. The summed E-state index contributed by atoms with van der Waals surface area (Å²) in [5, 5.41) is 12.9. The molecule has 0 aliphatic carbocycles. The van der Waals surface area contributed by atoms with Crippen LogP contribution in [0.15, 0.2) is 78.9 Å². The van der Waals surface area contributed by atoms with Crippen LogP contribution in [0.2, 0.25) is 5.02 Å². The van der Waals surface area contributed by atoms with E-state index in [4.69, 9.17) is 16.9 Å². The van der Waals surface area contributed by atoms with Crippen molar-refractivity contribution in [3.63, 3.8) is 0 Å². The fraction of sp³-hybridized carbons (Fsp3) is 0.0909. The van der Waals surface area contributed by atoms with E-state index < -0.39 is 0 Å². The predicted octanol–water partition coefficient (Wildman–Crippen LogP) is 5.64. The molecule has 0 amide bonds. The molecule has 3 aromatic carbocycles. The summed E-state index contributed by atoms with van der Waals surface area (Å²) in [4.78, 5) is 12.7. The number of nitrogens with zero attached hydrogens (tertiary/aromatic N) is 1. The molecule has 3 aromatic rings. The maximum atomic E-state index is 12.7. The van der Waals surface area contributed by atoms with Crippen LogP contribution in [-0.2, 0) is 0 Å². The summed E-state index contributed by atoms with van der Waals surface area (Å²) in [6, 6.07) is 25.9. The van der Waals surface area contributed by atoms with Gasteiger partial charge in [-0.15, -0.1) is 0 Å². The number of carbonyl (C=O) groups is 1. The number of hydrogen-bond acceptors (Lipinski definition) is 3. The van der Waals surface area contributed by atoms with Crippen molar-refractivity contribution >= 4 is 23.1 Å². The highest BCUT2D eigenvalue weighted by Gasteiger charge is 2.17. The lowest BCUT2D eigenvalue weighted by Crippen LogP contribution is -2.15. The number of hydrogen-bond donors (Lipinski definition) is 1. The number of carbonyl (C=O) groups excluding carboxylic acids is 1. The second-order valence-corrected chi connectivity index (χ2v) is 6.37. The van der Waals surface area contributed by atoms with E-state index in [1.54, 1.807) is 36.4 Å². The van der Waals surface area contributed by atoms with Crippen LogP contribution in [0.3, 0.4) is 0 Å². The van der Waals surface area contributed by atoms with Gasteiger partial charge in [0, 0.05) is 22.7 Å². The zero-order chi connectivity index (χ0) is 18.4. The van der Waals surface area contributed by atoms with Crippen LogP contribution in [0.4, 0.5) is 5.69 Å². The summed E-state index contributed by atoms with van der Waals surface area (Å²) in [6.45, 7) is 0. The van der Waals surface area contributed by atoms with Gasteiger partial charge in [-0.3, -0.25) is 4.79 Å². The number of anilines is 1. The molecule has 3 rings (SSSR count). The average Bonchev–Trinajstić information content (AvgIpc) is 2.69. The van der Waals surface area contributed by atoms with E-state index in [1.807, 2.05) is 42.5 Å². The third kappa shape index (κ3) is 4.50. The van der Waals surface area contributed by atoms with Crippen molar-refractivity contribution < 1.29 is 4.79 Å². The summed E-state index contributed by atoms with van der Waals surface area (Å²) >= 11 is 5.90. The first-order valence-corrected chi connectivity index (χ1v) is 8.64. The van der Waals surface area contributed by atoms with Gasteiger partial charge in [0.15, 0.2) is 5.78 Å². The first kappa shape index (κ1) is 17.7. The Kier molecular flexibility index (Phi) is 5.68.